The molecule has 0 saturated heterocycles. The Balaban J connectivity index is 2.14. The quantitative estimate of drug-likeness (QED) is 0.349. The Labute approximate surface area is 96.5 Å². The maximum absolute atomic E-state index is 13.8. The van der Waals surface area contributed by atoms with Crippen LogP contribution in [0.25, 0.3) is 0 Å². The van der Waals surface area contributed by atoms with Gasteiger partial charge in [-0.25, -0.2) is 10.7 Å². The molecule has 2 rings (SSSR count). The summed E-state index contributed by atoms with van der Waals surface area (Å²) < 4.78 is 32.5. The lowest BCUT2D eigenvalue weighted by Crippen LogP contribution is -2.55. The van der Waals surface area contributed by atoms with E-state index in [4.69, 9.17) is 10.3 Å². The number of hydrogen-bond acceptors (Lipinski definition) is 4. The number of carbonyl (C=O) groups is 1. The van der Waals surface area contributed by atoms with Crippen molar-refractivity contribution >= 4 is 5.91 Å². The van der Waals surface area contributed by atoms with E-state index < -0.39 is 12.0 Å². The summed E-state index contributed by atoms with van der Waals surface area (Å²) in [5.74, 6) is 3.65. The van der Waals surface area contributed by atoms with E-state index >= 15 is 0 Å². The van der Waals surface area contributed by atoms with Crippen LogP contribution >= 0.6 is 0 Å². The van der Waals surface area contributed by atoms with Crippen molar-refractivity contribution in [2.24, 2.45) is 5.84 Å². The van der Waals surface area contributed by atoms with Gasteiger partial charge in [-0.05, 0) is 25.0 Å². The largest absolute Gasteiger partial charge is 0.468 e. The van der Waals surface area contributed by atoms with Gasteiger partial charge in [0, 0.05) is 6.04 Å². The number of hydrazine groups is 1. The van der Waals surface area contributed by atoms with E-state index in [1.54, 1.807) is 12.1 Å². The molecule has 0 atom stereocenters. The van der Waals surface area contributed by atoms with Gasteiger partial charge in [0.2, 0.25) is 0 Å². The predicted octanol–water partition coefficient (Wildman–Crippen LogP) is 0.827. The van der Waals surface area contributed by atoms with E-state index in [1.807, 2.05) is 0 Å². The molecule has 0 aromatic carbocycles. The summed E-state index contributed by atoms with van der Waals surface area (Å²) in [6.07, 6.45) is 2.70. The molecular weight excluding hydrogens is 232 g/mol. The molecular formula is C10H13F2N3O2. The van der Waals surface area contributed by atoms with E-state index in [9.17, 15) is 13.6 Å². The highest BCUT2D eigenvalue weighted by atomic mass is 19.3. The highest BCUT2D eigenvalue weighted by Gasteiger charge is 2.51. The normalized spacial score (nSPS) is 16.2. The van der Waals surface area contributed by atoms with Crippen LogP contribution in [0.4, 0.5) is 8.78 Å². The Kier molecular flexibility index (Phi) is 3.12. The zero-order chi connectivity index (χ0) is 12.5. The minimum atomic E-state index is -3.62. The maximum Gasteiger partial charge on any atom is 0.385 e. The third kappa shape index (κ3) is 2.45. The van der Waals surface area contributed by atoms with Crippen LogP contribution in [-0.2, 0) is 11.3 Å². The Bertz CT molecular complexity index is 390. The minimum Gasteiger partial charge on any atom is -0.468 e. The number of halogens is 2. The number of furan rings is 1. The van der Waals surface area contributed by atoms with E-state index in [0.717, 1.165) is 4.90 Å². The molecule has 94 valence electrons. The molecule has 0 unspecified atom stereocenters. The van der Waals surface area contributed by atoms with Crippen molar-refractivity contribution in [1.82, 2.24) is 10.3 Å². The number of carbonyl (C=O) groups excluding carboxylic acids is 1. The van der Waals surface area contributed by atoms with E-state index in [-0.39, 0.29) is 12.6 Å². The Morgan fingerprint density at radius 3 is 2.82 bits per heavy atom. The molecule has 17 heavy (non-hydrogen) atoms. The van der Waals surface area contributed by atoms with Crippen LogP contribution in [0.1, 0.15) is 18.6 Å². The SMILES string of the molecule is NNC(=O)C(F)(F)N(Cc1ccco1)C1CC1. The van der Waals surface area contributed by atoms with Crippen molar-refractivity contribution in [1.29, 1.82) is 0 Å². The van der Waals surface area contributed by atoms with E-state index in [1.165, 1.54) is 11.7 Å². The number of nitrogens with one attached hydrogen (secondary N) is 1. The topological polar surface area (TPSA) is 71.5 Å². The summed E-state index contributed by atoms with van der Waals surface area (Å²) in [4.78, 5) is 11.9. The molecule has 7 heteroatoms. The van der Waals surface area contributed by atoms with Gasteiger partial charge in [-0.15, -0.1) is 0 Å². The second-order valence-corrected chi connectivity index (χ2v) is 3.95. The summed E-state index contributed by atoms with van der Waals surface area (Å²) in [5, 5.41) is 0. The van der Waals surface area contributed by atoms with Crippen molar-refractivity contribution < 1.29 is 18.0 Å². The zero-order valence-electron chi connectivity index (χ0n) is 9.03. The third-order valence-electron chi connectivity index (χ3n) is 2.66. The maximum atomic E-state index is 13.8. The van der Waals surface area contributed by atoms with Crippen LogP contribution in [-0.4, -0.2) is 22.9 Å². The van der Waals surface area contributed by atoms with E-state index in [0.29, 0.717) is 18.6 Å². The molecule has 0 spiro atoms. The Morgan fingerprint density at radius 2 is 2.35 bits per heavy atom. The highest BCUT2D eigenvalue weighted by Crippen LogP contribution is 2.36. The standard InChI is InChI=1S/C10H13F2N3O2/c11-10(12,9(16)14-13)15(7-3-4-7)6-8-2-1-5-17-8/h1-2,5,7H,3-4,6,13H2,(H,14,16). The molecule has 1 aromatic rings. The zero-order valence-corrected chi connectivity index (χ0v) is 9.03. The van der Waals surface area contributed by atoms with Gasteiger partial charge in [0.15, 0.2) is 0 Å². The Hall–Kier alpha value is -1.47. The summed E-state index contributed by atoms with van der Waals surface area (Å²) in [5.41, 5.74) is 1.49. The molecule has 1 heterocycles. The first-order valence-electron chi connectivity index (χ1n) is 5.23. The van der Waals surface area contributed by atoms with Crippen molar-refractivity contribution in [2.45, 2.75) is 31.5 Å². The van der Waals surface area contributed by atoms with Crippen LogP contribution in [0.15, 0.2) is 22.8 Å². The molecule has 1 saturated carbocycles. The fourth-order valence-electron chi connectivity index (χ4n) is 1.63. The highest BCUT2D eigenvalue weighted by molar-refractivity contribution is 5.82. The molecule has 1 aromatic heterocycles. The lowest BCUT2D eigenvalue weighted by atomic mass is 10.3. The molecule has 0 radical (unpaired) electrons. The lowest BCUT2D eigenvalue weighted by Gasteiger charge is -2.28. The van der Waals surface area contributed by atoms with Crippen molar-refractivity contribution in [2.75, 3.05) is 0 Å². The van der Waals surface area contributed by atoms with Gasteiger partial charge in [0.25, 0.3) is 0 Å². The summed E-state index contributed by atoms with van der Waals surface area (Å²) >= 11 is 0. The summed E-state index contributed by atoms with van der Waals surface area (Å²) in [6, 6.07) is -0.719. The molecule has 1 amide bonds. The fourth-order valence-corrected chi connectivity index (χ4v) is 1.63. The first kappa shape index (κ1) is 12.0. The third-order valence-corrected chi connectivity index (χ3v) is 2.66. The number of amides is 1. The molecule has 1 aliphatic carbocycles. The molecule has 0 aliphatic heterocycles. The number of nitrogens with two attached hydrogens (primary N) is 1. The second-order valence-electron chi connectivity index (χ2n) is 3.95. The lowest BCUT2D eigenvalue weighted by molar-refractivity contribution is -0.183. The van der Waals surface area contributed by atoms with Gasteiger partial charge >= 0.3 is 12.0 Å². The fraction of sp³-hybridized carbons (Fsp3) is 0.500. The molecule has 1 fully saturated rings. The first-order chi connectivity index (χ1) is 8.05. The average Bonchev–Trinajstić information content (AvgIpc) is 3.01. The van der Waals surface area contributed by atoms with Crippen molar-refractivity contribution in [3.63, 3.8) is 0 Å². The smallest absolute Gasteiger partial charge is 0.385 e. The number of alkyl halides is 2. The molecule has 3 N–H and O–H groups in total. The van der Waals surface area contributed by atoms with Crippen LogP contribution in [0.2, 0.25) is 0 Å². The molecule has 1 aliphatic rings. The second kappa shape index (κ2) is 4.42. The van der Waals surface area contributed by atoms with Crippen molar-refractivity contribution in [3.05, 3.63) is 24.2 Å². The van der Waals surface area contributed by atoms with Crippen LogP contribution < -0.4 is 11.3 Å². The van der Waals surface area contributed by atoms with Gasteiger partial charge < -0.3 is 4.42 Å². The van der Waals surface area contributed by atoms with Crippen LogP contribution in [0.5, 0.6) is 0 Å². The van der Waals surface area contributed by atoms with Crippen LogP contribution in [0.3, 0.4) is 0 Å². The Morgan fingerprint density at radius 1 is 1.65 bits per heavy atom. The van der Waals surface area contributed by atoms with Crippen LogP contribution in [0, 0.1) is 0 Å². The van der Waals surface area contributed by atoms with Gasteiger partial charge in [-0.1, -0.05) is 0 Å². The predicted molar refractivity (Wildman–Crippen MR) is 54.6 cm³/mol. The molecule has 5 nitrogen and oxygen atoms in total. The van der Waals surface area contributed by atoms with Crippen molar-refractivity contribution in [3.8, 4) is 0 Å². The number of rotatable bonds is 5. The van der Waals surface area contributed by atoms with E-state index in [2.05, 4.69) is 0 Å². The number of nitrogens with zero attached hydrogens (tertiary/aromatic N) is 1. The van der Waals surface area contributed by atoms with Gasteiger partial charge in [-0.3, -0.25) is 10.2 Å². The van der Waals surface area contributed by atoms with Gasteiger partial charge in [-0.2, -0.15) is 8.78 Å². The monoisotopic (exact) mass is 245 g/mol. The van der Waals surface area contributed by atoms with Gasteiger partial charge in [0.05, 0.1) is 12.8 Å². The first-order valence-corrected chi connectivity index (χ1v) is 5.23. The minimum absolute atomic E-state index is 0.113. The molecule has 0 bridgehead atoms. The van der Waals surface area contributed by atoms with Gasteiger partial charge in [0.1, 0.15) is 5.76 Å². The summed E-state index contributed by atoms with van der Waals surface area (Å²) in [6.45, 7) is -0.113. The number of hydrogen-bond donors (Lipinski definition) is 2. The average molecular weight is 245 g/mol. The summed E-state index contributed by atoms with van der Waals surface area (Å²) in [7, 11) is 0.